The Morgan fingerprint density at radius 2 is 2.08 bits per heavy atom. The van der Waals surface area contributed by atoms with Crippen LogP contribution in [0.1, 0.15) is 24.1 Å². The standard InChI is InChI=1S/C19H32N4O2.HI/c1-4-24-11-8-21-19(20-3)22-15-18(23-9-12-25-13-10-23)17-7-5-6-16(2)14-17;/h5-7,14,18H,4,8-13,15H2,1-3H3,(H2,20,21,22);1H. The average molecular weight is 476 g/mol. The largest absolute Gasteiger partial charge is 0.380 e. The number of benzene rings is 1. The number of guanidine groups is 1. The van der Waals surface area contributed by atoms with Crippen LogP contribution in [0.3, 0.4) is 0 Å². The van der Waals surface area contributed by atoms with Gasteiger partial charge in [0.05, 0.1) is 25.9 Å². The molecule has 0 aliphatic carbocycles. The van der Waals surface area contributed by atoms with Crippen molar-refractivity contribution < 1.29 is 9.47 Å². The van der Waals surface area contributed by atoms with Crippen molar-refractivity contribution in [2.75, 3.05) is 59.7 Å². The monoisotopic (exact) mass is 476 g/mol. The smallest absolute Gasteiger partial charge is 0.191 e. The van der Waals surface area contributed by atoms with E-state index >= 15 is 0 Å². The molecular formula is C19H33IN4O2. The fourth-order valence-electron chi connectivity index (χ4n) is 3.02. The lowest BCUT2D eigenvalue weighted by Gasteiger charge is -2.35. The van der Waals surface area contributed by atoms with Crippen LogP contribution in [-0.2, 0) is 9.47 Å². The van der Waals surface area contributed by atoms with Gasteiger partial charge in [-0.3, -0.25) is 9.89 Å². The van der Waals surface area contributed by atoms with E-state index in [1.807, 2.05) is 6.92 Å². The van der Waals surface area contributed by atoms with Gasteiger partial charge >= 0.3 is 0 Å². The normalized spacial score (nSPS) is 16.7. The van der Waals surface area contributed by atoms with Crippen molar-refractivity contribution in [1.29, 1.82) is 0 Å². The Balaban J connectivity index is 0.00000338. The molecule has 1 aliphatic heterocycles. The molecule has 1 unspecified atom stereocenters. The first-order valence-electron chi connectivity index (χ1n) is 9.15. The Bertz CT molecular complexity index is 536. The molecule has 0 radical (unpaired) electrons. The maximum absolute atomic E-state index is 5.52. The van der Waals surface area contributed by atoms with E-state index in [2.05, 4.69) is 51.7 Å². The van der Waals surface area contributed by atoms with Gasteiger partial charge in [0.1, 0.15) is 0 Å². The molecule has 1 aromatic rings. The van der Waals surface area contributed by atoms with Gasteiger partial charge in [-0.1, -0.05) is 29.8 Å². The molecule has 1 saturated heterocycles. The third-order valence-corrected chi connectivity index (χ3v) is 4.34. The number of morpholine rings is 1. The first kappa shape index (κ1) is 23.1. The van der Waals surface area contributed by atoms with Gasteiger partial charge in [-0.15, -0.1) is 24.0 Å². The van der Waals surface area contributed by atoms with E-state index in [0.29, 0.717) is 12.6 Å². The third-order valence-electron chi connectivity index (χ3n) is 4.34. The first-order chi connectivity index (χ1) is 12.2. The van der Waals surface area contributed by atoms with Gasteiger partial charge in [0, 0.05) is 39.8 Å². The molecule has 2 rings (SSSR count). The van der Waals surface area contributed by atoms with Gasteiger partial charge in [-0.25, -0.2) is 0 Å². The minimum atomic E-state index is 0. The van der Waals surface area contributed by atoms with Gasteiger partial charge < -0.3 is 20.1 Å². The summed E-state index contributed by atoms with van der Waals surface area (Å²) in [6, 6.07) is 9.05. The van der Waals surface area contributed by atoms with Crippen molar-refractivity contribution in [1.82, 2.24) is 15.5 Å². The van der Waals surface area contributed by atoms with E-state index in [1.165, 1.54) is 11.1 Å². The van der Waals surface area contributed by atoms with Crippen molar-refractivity contribution in [2.45, 2.75) is 19.9 Å². The maximum atomic E-state index is 5.52. The number of halogens is 1. The Hall–Kier alpha value is -0.900. The molecule has 1 atom stereocenters. The van der Waals surface area contributed by atoms with Crippen LogP contribution >= 0.6 is 24.0 Å². The molecule has 1 heterocycles. The summed E-state index contributed by atoms with van der Waals surface area (Å²) in [5.41, 5.74) is 2.62. The van der Waals surface area contributed by atoms with Crippen molar-refractivity contribution in [3.63, 3.8) is 0 Å². The van der Waals surface area contributed by atoms with Gasteiger partial charge in [0.2, 0.25) is 0 Å². The number of aliphatic imine (C=N–C) groups is 1. The molecule has 0 spiro atoms. The number of hydrogen-bond acceptors (Lipinski definition) is 4. The van der Waals surface area contributed by atoms with Crippen LogP contribution in [0.4, 0.5) is 0 Å². The SMILES string of the molecule is CCOCCNC(=NC)NCC(c1cccc(C)c1)N1CCOCC1.I. The van der Waals surface area contributed by atoms with Crippen molar-refractivity contribution in [3.05, 3.63) is 35.4 Å². The Labute approximate surface area is 174 Å². The van der Waals surface area contributed by atoms with Crippen LogP contribution in [-0.4, -0.2) is 70.5 Å². The van der Waals surface area contributed by atoms with E-state index in [9.17, 15) is 0 Å². The average Bonchev–Trinajstić information content (AvgIpc) is 2.64. The summed E-state index contributed by atoms with van der Waals surface area (Å²) in [5.74, 6) is 0.811. The fraction of sp³-hybridized carbons (Fsp3) is 0.632. The summed E-state index contributed by atoms with van der Waals surface area (Å²) in [6.45, 7) is 10.6. The van der Waals surface area contributed by atoms with E-state index in [1.54, 1.807) is 7.05 Å². The quantitative estimate of drug-likeness (QED) is 0.261. The van der Waals surface area contributed by atoms with Crippen LogP contribution < -0.4 is 10.6 Å². The van der Waals surface area contributed by atoms with Crippen LogP contribution in [0.2, 0.25) is 0 Å². The van der Waals surface area contributed by atoms with E-state index in [4.69, 9.17) is 9.47 Å². The lowest BCUT2D eigenvalue weighted by molar-refractivity contribution is 0.0170. The Kier molecular flexibility index (Phi) is 11.8. The molecule has 1 aromatic carbocycles. The Morgan fingerprint density at radius 1 is 1.31 bits per heavy atom. The van der Waals surface area contributed by atoms with Crippen LogP contribution in [0.25, 0.3) is 0 Å². The molecule has 1 aliphatic rings. The molecule has 0 saturated carbocycles. The summed E-state index contributed by atoms with van der Waals surface area (Å²) in [4.78, 5) is 6.79. The number of nitrogens with one attached hydrogen (secondary N) is 2. The zero-order chi connectivity index (χ0) is 17.9. The maximum Gasteiger partial charge on any atom is 0.191 e. The summed E-state index contributed by atoms with van der Waals surface area (Å²) < 4.78 is 10.9. The molecule has 0 aromatic heterocycles. The van der Waals surface area contributed by atoms with Crippen LogP contribution in [0.5, 0.6) is 0 Å². The van der Waals surface area contributed by atoms with Gasteiger partial charge in [-0.2, -0.15) is 0 Å². The summed E-state index contributed by atoms with van der Waals surface area (Å²) in [7, 11) is 1.80. The lowest BCUT2D eigenvalue weighted by Crippen LogP contribution is -2.46. The van der Waals surface area contributed by atoms with Gasteiger partial charge in [-0.05, 0) is 19.4 Å². The number of aryl methyl sites for hydroxylation is 1. The van der Waals surface area contributed by atoms with Crippen molar-refractivity contribution in [3.8, 4) is 0 Å². The number of rotatable bonds is 8. The third kappa shape index (κ3) is 7.77. The van der Waals surface area contributed by atoms with Crippen LogP contribution in [0.15, 0.2) is 29.3 Å². The Morgan fingerprint density at radius 3 is 2.73 bits per heavy atom. The molecule has 7 heteroatoms. The topological polar surface area (TPSA) is 58.1 Å². The lowest BCUT2D eigenvalue weighted by atomic mass is 10.0. The van der Waals surface area contributed by atoms with Crippen molar-refractivity contribution in [2.24, 2.45) is 4.99 Å². The number of hydrogen-bond donors (Lipinski definition) is 2. The summed E-state index contributed by atoms with van der Waals surface area (Å²) in [5, 5.41) is 6.76. The second kappa shape index (κ2) is 13.3. The number of ether oxygens (including phenoxy) is 2. The second-order valence-electron chi connectivity index (χ2n) is 6.16. The molecular weight excluding hydrogens is 443 g/mol. The van der Waals surface area contributed by atoms with E-state index in [-0.39, 0.29) is 24.0 Å². The van der Waals surface area contributed by atoms with E-state index < -0.39 is 0 Å². The highest BCUT2D eigenvalue weighted by molar-refractivity contribution is 14.0. The predicted molar refractivity (Wildman–Crippen MR) is 118 cm³/mol. The summed E-state index contributed by atoms with van der Waals surface area (Å²) in [6.07, 6.45) is 0. The molecule has 1 fully saturated rings. The van der Waals surface area contributed by atoms with Crippen LogP contribution in [0, 0.1) is 6.92 Å². The highest BCUT2D eigenvalue weighted by atomic mass is 127. The highest BCUT2D eigenvalue weighted by Crippen LogP contribution is 2.22. The minimum absolute atomic E-state index is 0. The molecule has 26 heavy (non-hydrogen) atoms. The first-order valence-corrected chi connectivity index (χ1v) is 9.15. The summed E-state index contributed by atoms with van der Waals surface area (Å²) >= 11 is 0. The zero-order valence-electron chi connectivity index (χ0n) is 16.2. The fourth-order valence-corrected chi connectivity index (χ4v) is 3.02. The second-order valence-corrected chi connectivity index (χ2v) is 6.16. The zero-order valence-corrected chi connectivity index (χ0v) is 18.5. The molecule has 0 bridgehead atoms. The van der Waals surface area contributed by atoms with E-state index in [0.717, 1.165) is 52.0 Å². The van der Waals surface area contributed by atoms with Gasteiger partial charge in [0.15, 0.2) is 5.96 Å². The molecule has 148 valence electrons. The molecule has 6 nitrogen and oxygen atoms in total. The minimum Gasteiger partial charge on any atom is -0.380 e. The van der Waals surface area contributed by atoms with Crippen molar-refractivity contribution >= 4 is 29.9 Å². The molecule has 0 amide bonds. The molecule has 2 N–H and O–H groups in total. The number of nitrogens with zero attached hydrogens (tertiary/aromatic N) is 2. The highest BCUT2D eigenvalue weighted by Gasteiger charge is 2.22. The predicted octanol–water partition coefficient (Wildman–Crippen LogP) is 2.19. The van der Waals surface area contributed by atoms with Gasteiger partial charge in [0.25, 0.3) is 0 Å².